The van der Waals surface area contributed by atoms with Crippen molar-refractivity contribution in [3.05, 3.63) is 29.8 Å². The number of benzene rings is 1. The van der Waals surface area contributed by atoms with Crippen LogP contribution in [0.1, 0.15) is 18.9 Å². The molecular weight excluding hydrogens is 276 g/mol. The van der Waals surface area contributed by atoms with Crippen LogP contribution >= 0.6 is 0 Å². The minimum atomic E-state index is -1.18. The van der Waals surface area contributed by atoms with Crippen LogP contribution in [-0.4, -0.2) is 40.6 Å². The fourth-order valence-electron chi connectivity index (χ4n) is 1.73. The van der Waals surface area contributed by atoms with Gasteiger partial charge in [0.1, 0.15) is 6.04 Å². The van der Waals surface area contributed by atoms with Gasteiger partial charge >= 0.3 is 5.97 Å². The van der Waals surface area contributed by atoms with Crippen molar-refractivity contribution in [2.75, 3.05) is 11.9 Å². The number of carboxylic acid groups (broad SMARTS) is 1. The summed E-state index contributed by atoms with van der Waals surface area (Å²) in [5, 5.41) is 22.6. The van der Waals surface area contributed by atoms with Crippen molar-refractivity contribution >= 4 is 23.5 Å². The highest BCUT2D eigenvalue weighted by molar-refractivity contribution is 5.89. The second-order valence-electron chi connectivity index (χ2n) is 4.53. The first-order chi connectivity index (χ1) is 9.92. The fraction of sp³-hybridized carbons (Fsp3) is 0.357. The minimum absolute atomic E-state index is 0.0234. The molecule has 2 amide bonds. The lowest BCUT2D eigenvalue weighted by atomic mass is 10.1. The van der Waals surface area contributed by atoms with E-state index in [9.17, 15) is 14.4 Å². The van der Waals surface area contributed by atoms with E-state index in [2.05, 4.69) is 10.6 Å². The van der Waals surface area contributed by atoms with Gasteiger partial charge in [-0.1, -0.05) is 12.1 Å². The summed E-state index contributed by atoms with van der Waals surface area (Å²) in [6.45, 7) is 1.08. The van der Waals surface area contributed by atoms with Crippen molar-refractivity contribution in [2.24, 2.45) is 0 Å². The van der Waals surface area contributed by atoms with Crippen molar-refractivity contribution in [3.63, 3.8) is 0 Å². The molecule has 0 radical (unpaired) electrons. The number of aliphatic hydroxyl groups is 1. The standard InChI is InChI=1S/C14H18N2O5/c1-9(18)15-11-4-2-10(3-5-11)8-13(19)16-12(6-7-17)14(20)21/h2-5,12,17H,6-8H2,1H3,(H,15,18)(H,16,19)(H,20,21)/t12-/m0/s1. The molecule has 7 heteroatoms. The zero-order valence-corrected chi connectivity index (χ0v) is 11.6. The summed E-state index contributed by atoms with van der Waals surface area (Å²) >= 11 is 0. The van der Waals surface area contributed by atoms with E-state index in [0.717, 1.165) is 0 Å². The Kier molecular flexibility index (Phi) is 6.35. The molecule has 0 spiro atoms. The molecule has 1 atom stereocenters. The average molecular weight is 294 g/mol. The van der Waals surface area contributed by atoms with Crippen LogP contribution in [0, 0.1) is 0 Å². The molecular formula is C14H18N2O5. The van der Waals surface area contributed by atoms with Gasteiger partial charge < -0.3 is 20.8 Å². The number of aliphatic hydroxyl groups excluding tert-OH is 1. The molecule has 21 heavy (non-hydrogen) atoms. The summed E-state index contributed by atoms with van der Waals surface area (Å²) in [7, 11) is 0. The van der Waals surface area contributed by atoms with Gasteiger partial charge in [0.15, 0.2) is 0 Å². The first-order valence-corrected chi connectivity index (χ1v) is 6.42. The van der Waals surface area contributed by atoms with Gasteiger partial charge in [-0.15, -0.1) is 0 Å². The van der Waals surface area contributed by atoms with E-state index in [4.69, 9.17) is 10.2 Å². The van der Waals surface area contributed by atoms with Crippen LogP contribution in [0.5, 0.6) is 0 Å². The zero-order valence-electron chi connectivity index (χ0n) is 11.6. The van der Waals surface area contributed by atoms with Crippen LogP contribution in [0.2, 0.25) is 0 Å². The van der Waals surface area contributed by atoms with Gasteiger partial charge in [0.05, 0.1) is 6.42 Å². The normalized spacial score (nSPS) is 11.5. The molecule has 0 aromatic heterocycles. The lowest BCUT2D eigenvalue weighted by Crippen LogP contribution is -2.42. The first kappa shape index (κ1) is 16.6. The summed E-state index contributed by atoms with van der Waals surface area (Å²) in [4.78, 5) is 33.5. The Morgan fingerprint density at radius 1 is 1.19 bits per heavy atom. The number of carboxylic acids is 1. The molecule has 0 unspecified atom stereocenters. The Morgan fingerprint density at radius 3 is 2.29 bits per heavy atom. The third kappa shape index (κ3) is 6.05. The molecule has 7 nitrogen and oxygen atoms in total. The van der Waals surface area contributed by atoms with E-state index in [1.54, 1.807) is 24.3 Å². The van der Waals surface area contributed by atoms with Crippen LogP contribution in [0.25, 0.3) is 0 Å². The van der Waals surface area contributed by atoms with Gasteiger partial charge in [-0.2, -0.15) is 0 Å². The van der Waals surface area contributed by atoms with E-state index in [-0.39, 0.29) is 25.4 Å². The van der Waals surface area contributed by atoms with E-state index in [0.29, 0.717) is 11.3 Å². The van der Waals surface area contributed by atoms with Crippen LogP contribution in [0.15, 0.2) is 24.3 Å². The van der Waals surface area contributed by atoms with Gasteiger partial charge in [-0.25, -0.2) is 4.79 Å². The SMILES string of the molecule is CC(=O)Nc1ccc(CC(=O)N[C@@H](CCO)C(=O)O)cc1. The summed E-state index contributed by atoms with van der Waals surface area (Å²) in [5.41, 5.74) is 1.31. The lowest BCUT2D eigenvalue weighted by molar-refractivity contribution is -0.142. The largest absolute Gasteiger partial charge is 0.480 e. The summed E-state index contributed by atoms with van der Waals surface area (Å²) in [5.74, 6) is -1.81. The molecule has 0 aliphatic heterocycles. The van der Waals surface area contributed by atoms with Crippen LogP contribution in [-0.2, 0) is 20.8 Å². The average Bonchev–Trinajstić information content (AvgIpc) is 2.40. The quantitative estimate of drug-likeness (QED) is 0.571. The van der Waals surface area contributed by atoms with Crippen molar-refractivity contribution in [1.29, 1.82) is 0 Å². The number of carbonyl (C=O) groups is 3. The molecule has 4 N–H and O–H groups in total. The number of hydrogen-bond donors (Lipinski definition) is 4. The Bertz CT molecular complexity index is 513. The van der Waals surface area contributed by atoms with E-state index < -0.39 is 17.9 Å². The molecule has 0 heterocycles. The third-order valence-electron chi connectivity index (χ3n) is 2.69. The van der Waals surface area contributed by atoms with Crippen LogP contribution in [0.3, 0.4) is 0 Å². The van der Waals surface area contributed by atoms with Gasteiger partial charge in [0, 0.05) is 25.6 Å². The maximum Gasteiger partial charge on any atom is 0.326 e. The topological polar surface area (TPSA) is 116 Å². The highest BCUT2D eigenvalue weighted by atomic mass is 16.4. The van der Waals surface area contributed by atoms with Gasteiger partial charge in [0.25, 0.3) is 0 Å². The highest BCUT2D eigenvalue weighted by Crippen LogP contribution is 2.10. The monoisotopic (exact) mass is 294 g/mol. The molecule has 1 aromatic carbocycles. The number of hydrogen-bond acceptors (Lipinski definition) is 4. The van der Waals surface area contributed by atoms with Gasteiger partial charge in [-0.05, 0) is 17.7 Å². The van der Waals surface area contributed by atoms with Gasteiger partial charge in [0.2, 0.25) is 11.8 Å². The van der Waals surface area contributed by atoms with Crippen molar-refractivity contribution in [1.82, 2.24) is 5.32 Å². The summed E-state index contributed by atoms with van der Waals surface area (Å²) in [6.07, 6.45) is -0.0158. The maximum absolute atomic E-state index is 11.7. The van der Waals surface area contributed by atoms with Crippen LogP contribution < -0.4 is 10.6 Å². The number of aliphatic carboxylic acids is 1. The highest BCUT2D eigenvalue weighted by Gasteiger charge is 2.19. The lowest BCUT2D eigenvalue weighted by Gasteiger charge is -2.13. The molecule has 0 fully saturated rings. The predicted molar refractivity (Wildman–Crippen MR) is 75.7 cm³/mol. The third-order valence-corrected chi connectivity index (χ3v) is 2.69. The fourth-order valence-corrected chi connectivity index (χ4v) is 1.73. The predicted octanol–water partition coefficient (Wildman–Crippen LogP) is 0.139. The number of rotatable bonds is 7. The molecule has 1 aromatic rings. The second-order valence-corrected chi connectivity index (χ2v) is 4.53. The number of nitrogens with one attached hydrogen (secondary N) is 2. The Hall–Kier alpha value is -2.41. The molecule has 0 aliphatic carbocycles. The molecule has 114 valence electrons. The molecule has 1 rings (SSSR count). The van der Waals surface area contributed by atoms with Crippen molar-refractivity contribution in [2.45, 2.75) is 25.8 Å². The van der Waals surface area contributed by atoms with E-state index >= 15 is 0 Å². The smallest absolute Gasteiger partial charge is 0.326 e. The van der Waals surface area contributed by atoms with Crippen molar-refractivity contribution in [3.8, 4) is 0 Å². The maximum atomic E-state index is 11.7. The molecule has 0 saturated carbocycles. The number of carbonyl (C=O) groups excluding carboxylic acids is 2. The summed E-state index contributed by atoms with van der Waals surface area (Å²) in [6, 6.07) is 5.57. The van der Waals surface area contributed by atoms with Gasteiger partial charge in [-0.3, -0.25) is 9.59 Å². The molecule has 0 aliphatic rings. The number of amides is 2. The Morgan fingerprint density at radius 2 is 1.81 bits per heavy atom. The summed E-state index contributed by atoms with van der Waals surface area (Å²) < 4.78 is 0. The van der Waals surface area contributed by atoms with E-state index in [1.807, 2.05) is 0 Å². The first-order valence-electron chi connectivity index (χ1n) is 6.42. The second kappa shape index (κ2) is 8.01. The zero-order chi connectivity index (χ0) is 15.8. The Balaban J connectivity index is 2.57. The Labute approximate surface area is 122 Å². The van der Waals surface area contributed by atoms with Crippen molar-refractivity contribution < 1.29 is 24.6 Å². The van der Waals surface area contributed by atoms with Crippen LogP contribution in [0.4, 0.5) is 5.69 Å². The molecule has 0 bridgehead atoms. The molecule has 0 saturated heterocycles. The minimum Gasteiger partial charge on any atom is -0.480 e. The number of anilines is 1. The van der Waals surface area contributed by atoms with E-state index in [1.165, 1.54) is 6.92 Å².